The van der Waals surface area contributed by atoms with E-state index in [0.717, 1.165) is 22.6 Å². The molecule has 0 saturated heterocycles. The monoisotopic (exact) mass is 444 g/mol. The Labute approximate surface area is 191 Å². The lowest BCUT2D eigenvalue weighted by molar-refractivity contribution is 0.0730. The zero-order valence-corrected chi connectivity index (χ0v) is 18.0. The van der Waals surface area contributed by atoms with E-state index in [2.05, 4.69) is 0 Å². The molecule has 0 unspecified atom stereocenters. The molecule has 0 atom stereocenters. The number of carbonyl (C=O) groups is 1. The van der Waals surface area contributed by atoms with Crippen molar-refractivity contribution >= 4 is 17.5 Å². The fourth-order valence-corrected chi connectivity index (χ4v) is 3.94. The number of ether oxygens (including phenoxy) is 2. The maximum atomic E-state index is 13.8. The van der Waals surface area contributed by atoms with Gasteiger partial charge in [-0.05, 0) is 59.7 Å². The molecule has 0 radical (unpaired) electrons. The van der Waals surface area contributed by atoms with Crippen molar-refractivity contribution < 1.29 is 14.3 Å². The molecular weight excluding hydrogens is 424 g/mol. The summed E-state index contributed by atoms with van der Waals surface area (Å²) in [6.45, 7) is 1.10. The number of hydrogen-bond donors (Lipinski definition) is 0. The van der Waals surface area contributed by atoms with Crippen LogP contribution in [-0.4, -0.2) is 22.2 Å². The Hall–Kier alpha value is -3.70. The number of rotatable bonds is 6. The van der Waals surface area contributed by atoms with Crippen LogP contribution in [0.2, 0.25) is 5.02 Å². The summed E-state index contributed by atoms with van der Waals surface area (Å²) in [5, 5.41) is 0.667. The van der Waals surface area contributed by atoms with E-state index >= 15 is 0 Å². The zero-order valence-electron chi connectivity index (χ0n) is 17.3. The lowest BCUT2D eigenvalue weighted by Crippen LogP contribution is -2.31. The van der Waals surface area contributed by atoms with Gasteiger partial charge in [0.1, 0.15) is 0 Å². The Morgan fingerprint density at radius 2 is 1.53 bits per heavy atom. The van der Waals surface area contributed by atoms with Gasteiger partial charge in [0, 0.05) is 30.5 Å². The average Bonchev–Trinajstić information content (AvgIpc) is 3.51. The fourth-order valence-electron chi connectivity index (χ4n) is 3.81. The number of para-hydroxylation sites is 1. The van der Waals surface area contributed by atoms with Crippen molar-refractivity contribution in [1.29, 1.82) is 0 Å². The van der Waals surface area contributed by atoms with E-state index in [4.69, 9.17) is 21.1 Å². The van der Waals surface area contributed by atoms with Gasteiger partial charge in [0.05, 0.1) is 11.3 Å². The molecule has 5 rings (SSSR count). The van der Waals surface area contributed by atoms with Gasteiger partial charge in [-0.2, -0.15) is 0 Å². The standard InChI is InChI=1S/C26H21ClN2O3/c27-21-10-7-19(8-11-21)16-29(17-20-9-12-24-25(15-20)32-18-31-24)26(30)22-5-1-2-6-23(22)28-13-3-4-14-28/h1-15H,16-18H2. The van der Waals surface area contributed by atoms with Crippen LogP contribution < -0.4 is 9.47 Å². The van der Waals surface area contributed by atoms with Gasteiger partial charge in [0.2, 0.25) is 6.79 Å². The maximum Gasteiger partial charge on any atom is 0.256 e. The van der Waals surface area contributed by atoms with Crippen LogP contribution in [0.3, 0.4) is 0 Å². The van der Waals surface area contributed by atoms with Gasteiger partial charge in [0.15, 0.2) is 11.5 Å². The summed E-state index contributed by atoms with van der Waals surface area (Å²) >= 11 is 6.06. The molecule has 2 heterocycles. The van der Waals surface area contributed by atoms with Crippen molar-refractivity contribution in [2.45, 2.75) is 13.1 Å². The second kappa shape index (κ2) is 8.81. The first kappa shape index (κ1) is 20.2. The molecule has 3 aromatic carbocycles. The topological polar surface area (TPSA) is 43.7 Å². The number of carbonyl (C=O) groups excluding carboxylic acids is 1. The molecule has 0 saturated carbocycles. The van der Waals surface area contributed by atoms with Crippen molar-refractivity contribution in [2.24, 2.45) is 0 Å². The molecule has 1 aliphatic rings. The molecule has 6 heteroatoms. The summed E-state index contributed by atoms with van der Waals surface area (Å²) in [5.74, 6) is 1.37. The molecule has 0 bridgehead atoms. The number of halogens is 1. The first-order chi connectivity index (χ1) is 15.7. The highest BCUT2D eigenvalue weighted by Gasteiger charge is 2.21. The van der Waals surface area contributed by atoms with Crippen molar-refractivity contribution in [3.8, 4) is 17.2 Å². The van der Waals surface area contributed by atoms with Crippen LogP contribution in [0.4, 0.5) is 0 Å². The predicted octanol–water partition coefficient (Wildman–Crippen LogP) is 5.70. The first-order valence-corrected chi connectivity index (χ1v) is 10.7. The van der Waals surface area contributed by atoms with E-state index in [-0.39, 0.29) is 12.7 Å². The summed E-state index contributed by atoms with van der Waals surface area (Å²) in [4.78, 5) is 15.6. The third-order valence-electron chi connectivity index (χ3n) is 5.40. The Bertz CT molecular complexity index is 1240. The molecular formula is C26H21ClN2O3. The molecule has 0 aliphatic carbocycles. The van der Waals surface area contributed by atoms with Gasteiger partial charge in [-0.15, -0.1) is 0 Å². The Morgan fingerprint density at radius 3 is 2.34 bits per heavy atom. The lowest BCUT2D eigenvalue weighted by Gasteiger charge is -2.25. The number of benzene rings is 3. The summed E-state index contributed by atoms with van der Waals surface area (Å²) in [6, 6.07) is 24.9. The minimum Gasteiger partial charge on any atom is -0.454 e. The van der Waals surface area contributed by atoms with Gasteiger partial charge in [-0.1, -0.05) is 41.9 Å². The SMILES string of the molecule is O=C(c1ccccc1-n1cccc1)N(Cc1ccc(Cl)cc1)Cc1ccc2c(c1)OCO2. The van der Waals surface area contributed by atoms with Crippen molar-refractivity contribution in [3.63, 3.8) is 0 Å². The van der Waals surface area contributed by atoms with Crippen molar-refractivity contribution in [1.82, 2.24) is 9.47 Å². The highest BCUT2D eigenvalue weighted by Crippen LogP contribution is 2.33. The smallest absolute Gasteiger partial charge is 0.256 e. The summed E-state index contributed by atoms with van der Waals surface area (Å²) in [6.07, 6.45) is 3.88. The van der Waals surface area contributed by atoms with E-state index in [0.29, 0.717) is 29.4 Å². The van der Waals surface area contributed by atoms with Crippen LogP contribution >= 0.6 is 11.6 Å². The van der Waals surface area contributed by atoms with Crippen LogP contribution in [0.1, 0.15) is 21.5 Å². The van der Waals surface area contributed by atoms with E-state index in [1.165, 1.54) is 0 Å². The third kappa shape index (κ3) is 4.20. The largest absolute Gasteiger partial charge is 0.454 e. The van der Waals surface area contributed by atoms with Gasteiger partial charge < -0.3 is 18.9 Å². The zero-order chi connectivity index (χ0) is 21.9. The number of aromatic nitrogens is 1. The maximum absolute atomic E-state index is 13.8. The van der Waals surface area contributed by atoms with Crippen molar-refractivity contribution in [2.75, 3.05) is 6.79 Å². The van der Waals surface area contributed by atoms with E-state index in [1.807, 2.05) is 101 Å². The first-order valence-electron chi connectivity index (χ1n) is 10.3. The minimum atomic E-state index is -0.0538. The Kier molecular flexibility index (Phi) is 5.57. The quantitative estimate of drug-likeness (QED) is 0.383. The van der Waals surface area contributed by atoms with Crippen LogP contribution in [0.5, 0.6) is 11.5 Å². The molecule has 1 aromatic heterocycles. The summed E-state index contributed by atoms with van der Waals surface area (Å²) < 4.78 is 12.9. The molecule has 1 aliphatic heterocycles. The lowest BCUT2D eigenvalue weighted by atomic mass is 10.1. The van der Waals surface area contributed by atoms with Gasteiger partial charge in [-0.3, -0.25) is 4.79 Å². The Morgan fingerprint density at radius 1 is 0.844 bits per heavy atom. The van der Waals surface area contributed by atoms with Crippen LogP contribution in [0.15, 0.2) is 91.3 Å². The van der Waals surface area contributed by atoms with Crippen LogP contribution in [0, 0.1) is 0 Å². The highest BCUT2D eigenvalue weighted by molar-refractivity contribution is 6.30. The van der Waals surface area contributed by atoms with Gasteiger partial charge in [0.25, 0.3) is 5.91 Å². The van der Waals surface area contributed by atoms with Gasteiger partial charge >= 0.3 is 0 Å². The molecule has 0 N–H and O–H groups in total. The van der Waals surface area contributed by atoms with E-state index in [1.54, 1.807) is 0 Å². The molecule has 0 fully saturated rings. The third-order valence-corrected chi connectivity index (χ3v) is 5.65. The van der Waals surface area contributed by atoms with E-state index < -0.39 is 0 Å². The molecule has 4 aromatic rings. The normalized spacial score (nSPS) is 12.0. The van der Waals surface area contributed by atoms with Gasteiger partial charge in [-0.25, -0.2) is 0 Å². The molecule has 32 heavy (non-hydrogen) atoms. The van der Waals surface area contributed by atoms with E-state index in [9.17, 15) is 4.79 Å². The average molecular weight is 445 g/mol. The fraction of sp³-hybridized carbons (Fsp3) is 0.115. The molecule has 5 nitrogen and oxygen atoms in total. The van der Waals surface area contributed by atoms with Crippen molar-refractivity contribution in [3.05, 3.63) is 113 Å². The molecule has 0 spiro atoms. The number of fused-ring (bicyclic) bond motifs is 1. The summed E-state index contributed by atoms with van der Waals surface area (Å²) in [5.41, 5.74) is 3.45. The summed E-state index contributed by atoms with van der Waals surface area (Å²) in [7, 11) is 0. The second-order valence-electron chi connectivity index (χ2n) is 7.58. The Balaban J connectivity index is 1.49. The van der Waals surface area contributed by atoms with Crippen LogP contribution in [0.25, 0.3) is 5.69 Å². The second-order valence-corrected chi connectivity index (χ2v) is 8.02. The number of hydrogen-bond acceptors (Lipinski definition) is 3. The number of amides is 1. The predicted molar refractivity (Wildman–Crippen MR) is 123 cm³/mol. The molecule has 160 valence electrons. The number of nitrogens with zero attached hydrogens (tertiary/aromatic N) is 2. The highest BCUT2D eigenvalue weighted by atomic mass is 35.5. The minimum absolute atomic E-state index is 0.0538. The molecule has 1 amide bonds. The van der Waals surface area contributed by atoms with Crippen LogP contribution in [-0.2, 0) is 13.1 Å².